The normalized spacial score (nSPS) is 22.6. The lowest BCUT2D eigenvalue weighted by Crippen LogP contribution is -2.51. The SMILES string of the molecule is N=C(NC(=O)Cc1csc(N)n1)[C@@H]1CC[C@@H]2CN1C(=O)N2OS(=O)(=O)O. The van der Waals surface area contributed by atoms with E-state index >= 15 is 0 Å². The highest BCUT2D eigenvalue weighted by atomic mass is 32.3. The van der Waals surface area contributed by atoms with Crippen LogP contribution in [-0.4, -0.2) is 64.3 Å². The van der Waals surface area contributed by atoms with Gasteiger partial charge in [0, 0.05) is 11.9 Å². The molecule has 0 aromatic carbocycles. The van der Waals surface area contributed by atoms with Crippen LogP contribution in [0.15, 0.2) is 5.38 Å². The fourth-order valence-electron chi connectivity index (χ4n) is 2.98. The number of amidine groups is 1. The highest BCUT2D eigenvalue weighted by molar-refractivity contribution is 7.80. The largest absolute Gasteiger partial charge is 0.418 e. The number of amides is 3. The van der Waals surface area contributed by atoms with Crippen LogP contribution in [-0.2, 0) is 25.9 Å². The summed E-state index contributed by atoms with van der Waals surface area (Å²) in [5.41, 5.74) is 5.98. The van der Waals surface area contributed by atoms with Crippen LogP contribution in [0, 0.1) is 5.41 Å². The second kappa shape index (κ2) is 6.79. The van der Waals surface area contributed by atoms with Gasteiger partial charge in [0.1, 0.15) is 5.84 Å². The maximum atomic E-state index is 12.3. The lowest BCUT2D eigenvalue weighted by Gasteiger charge is -2.30. The lowest BCUT2D eigenvalue weighted by atomic mass is 10.00. The van der Waals surface area contributed by atoms with Gasteiger partial charge in [0.2, 0.25) is 5.91 Å². The first-order valence-corrected chi connectivity index (χ1v) is 9.73. The third-order valence-electron chi connectivity index (χ3n) is 4.02. The van der Waals surface area contributed by atoms with E-state index in [2.05, 4.69) is 14.6 Å². The molecule has 2 saturated heterocycles. The molecule has 0 radical (unpaired) electrons. The quantitative estimate of drug-likeness (QED) is 0.284. The number of carbonyl (C=O) groups excluding carboxylic acids is 2. The average Bonchev–Trinajstić information content (AvgIpc) is 3.03. The Labute approximate surface area is 152 Å². The third-order valence-corrected chi connectivity index (χ3v) is 5.09. The molecule has 0 saturated carbocycles. The lowest BCUT2D eigenvalue weighted by molar-refractivity contribution is -0.119. The summed E-state index contributed by atoms with van der Waals surface area (Å²) >= 11 is 1.20. The van der Waals surface area contributed by atoms with Crippen molar-refractivity contribution in [3.63, 3.8) is 0 Å². The fraction of sp³-hybridized carbons (Fsp3) is 0.500. The summed E-state index contributed by atoms with van der Waals surface area (Å²) in [7, 11) is -4.83. The van der Waals surface area contributed by atoms with Gasteiger partial charge in [0.25, 0.3) is 0 Å². The van der Waals surface area contributed by atoms with Gasteiger partial charge in [0.15, 0.2) is 5.13 Å². The molecule has 3 heterocycles. The van der Waals surface area contributed by atoms with Crippen LogP contribution in [0.25, 0.3) is 0 Å². The van der Waals surface area contributed by atoms with Crippen LogP contribution in [0.4, 0.5) is 9.93 Å². The van der Waals surface area contributed by atoms with Crippen molar-refractivity contribution in [1.82, 2.24) is 20.3 Å². The molecule has 0 unspecified atom stereocenters. The minimum absolute atomic E-state index is 0.0582. The average molecular weight is 404 g/mol. The van der Waals surface area contributed by atoms with E-state index in [1.807, 2.05) is 0 Å². The van der Waals surface area contributed by atoms with Gasteiger partial charge in [-0.05, 0) is 12.8 Å². The molecule has 142 valence electrons. The van der Waals surface area contributed by atoms with Crippen LogP contribution in [0.1, 0.15) is 18.5 Å². The maximum Gasteiger partial charge on any atom is 0.418 e. The van der Waals surface area contributed by atoms with Crippen molar-refractivity contribution in [3.8, 4) is 0 Å². The molecular formula is C12H16N6O6S2. The van der Waals surface area contributed by atoms with Gasteiger partial charge in [-0.15, -0.1) is 15.6 Å². The summed E-state index contributed by atoms with van der Waals surface area (Å²) < 4.78 is 34.8. The molecule has 3 rings (SSSR count). The molecule has 2 aliphatic heterocycles. The summed E-state index contributed by atoms with van der Waals surface area (Å²) in [4.78, 5) is 29.5. The number of nitrogens with zero attached hydrogens (tertiary/aromatic N) is 3. The Hall–Kier alpha value is -2.29. The number of nitrogen functional groups attached to an aromatic ring is 1. The van der Waals surface area contributed by atoms with Crippen LogP contribution < -0.4 is 11.1 Å². The molecule has 2 aliphatic rings. The van der Waals surface area contributed by atoms with Gasteiger partial charge in [-0.1, -0.05) is 0 Å². The van der Waals surface area contributed by atoms with Crippen molar-refractivity contribution in [2.24, 2.45) is 0 Å². The first-order chi connectivity index (χ1) is 12.1. The zero-order valence-corrected chi connectivity index (χ0v) is 14.9. The van der Waals surface area contributed by atoms with Gasteiger partial charge >= 0.3 is 16.4 Å². The minimum atomic E-state index is -4.83. The number of aromatic nitrogens is 1. The van der Waals surface area contributed by atoms with E-state index in [0.29, 0.717) is 28.7 Å². The zero-order valence-electron chi connectivity index (χ0n) is 13.3. The number of carbonyl (C=O) groups is 2. The Kier molecular flexibility index (Phi) is 4.83. The van der Waals surface area contributed by atoms with Crippen molar-refractivity contribution >= 4 is 44.6 Å². The highest BCUT2D eigenvalue weighted by Crippen LogP contribution is 2.30. The van der Waals surface area contributed by atoms with E-state index in [-0.39, 0.29) is 18.8 Å². The van der Waals surface area contributed by atoms with Gasteiger partial charge in [0.05, 0.1) is 24.2 Å². The van der Waals surface area contributed by atoms with Crippen molar-refractivity contribution in [2.45, 2.75) is 31.3 Å². The summed E-state index contributed by atoms with van der Waals surface area (Å²) in [5.74, 6) is -0.654. The molecule has 0 aliphatic carbocycles. The zero-order chi connectivity index (χ0) is 19.1. The number of piperidine rings is 1. The number of thiazole rings is 1. The van der Waals surface area contributed by atoms with Crippen LogP contribution in [0.5, 0.6) is 0 Å². The molecule has 1 aromatic heterocycles. The molecule has 2 bridgehead atoms. The van der Waals surface area contributed by atoms with Crippen molar-refractivity contribution < 1.29 is 26.8 Å². The highest BCUT2D eigenvalue weighted by Gasteiger charge is 2.48. The molecule has 3 amide bonds. The number of hydrogen-bond acceptors (Lipinski definition) is 9. The summed E-state index contributed by atoms with van der Waals surface area (Å²) in [6.45, 7) is 0.125. The summed E-state index contributed by atoms with van der Waals surface area (Å²) in [5, 5.41) is 13.1. The first-order valence-electron chi connectivity index (χ1n) is 7.49. The van der Waals surface area contributed by atoms with Gasteiger partial charge in [-0.25, -0.2) is 9.78 Å². The standard InChI is InChI=1S/C12H16N6O6S2/c13-10(16-9(19)3-6-5-25-11(14)15-6)8-2-1-7-4-17(8)12(20)18(7)24-26(21,22)23/h5,7-8H,1-4H2,(H2,14,15)(H2,13,16,19)(H,21,22,23)/t7-,8+/m1/s1. The topological polar surface area (TPSA) is 179 Å². The number of nitrogens with two attached hydrogens (primary N) is 1. The van der Waals surface area contributed by atoms with Gasteiger partial charge < -0.3 is 16.0 Å². The number of hydrogen-bond donors (Lipinski definition) is 4. The second-order valence-corrected chi connectivity index (χ2v) is 7.72. The van der Waals surface area contributed by atoms with Crippen molar-refractivity contribution in [3.05, 3.63) is 11.1 Å². The minimum Gasteiger partial charge on any atom is -0.375 e. The second-order valence-electron chi connectivity index (χ2n) is 5.83. The number of rotatable bonds is 5. The Morgan fingerprint density at radius 2 is 2.27 bits per heavy atom. The molecule has 5 N–H and O–H groups in total. The Morgan fingerprint density at radius 3 is 2.88 bits per heavy atom. The smallest absolute Gasteiger partial charge is 0.375 e. The number of anilines is 1. The first kappa shape index (κ1) is 18.5. The Bertz CT molecular complexity index is 854. The number of fused-ring (bicyclic) bond motifs is 2. The van der Waals surface area contributed by atoms with E-state index < -0.39 is 34.4 Å². The number of nitrogens with one attached hydrogen (secondary N) is 2. The van der Waals surface area contributed by atoms with Crippen LogP contribution in [0.2, 0.25) is 0 Å². The molecule has 2 atom stereocenters. The van der Waals surface area contributed by atoms with E-state index in [0.717, 1.165) is 0 Å². The van der Waals surface area contributed by atoms with Gasteiger partial charge in [-0.2, -0.15) is 13.5 Å². The third kappa shape index (κ3) is 3.92. The van der Waals surface area contributed by atoms with Gasteiger partial charge in [-0.3, -0.25) is 14.8 Å². The summed E-state index contributed by atoms with van der Waals surface area (Å²) in [6.07, 6.45) is 0.630. The molecule has 1 aromatic rings. The fourth-order valence-corrected chi connectivity index (χ4v) is 3.93. The Morgan fingerprint density at radius 1 is 1.54 bits per heavy atom. The van der Waals surface area contributed by atoms with Crippen LogP contribution in [0.3, 0.4) is 0 Å². The number of urea groups is 1. The monoisotopic (exact) mass is 404 g/mol. The van der Waals surface area contributed by atoms with E-state index in [4.69, 9.17) is 15.7 Å². The van der Waals surface area contributed by atoms with Crippen LogP contribution >= 0.6 is 11.3 Å². The molecule has 2 fully saturated rings. The van der Waals surface area contributed by atoms with Crippen molar-refractivity contribution in [2.75, 3.05) is 12.3 Å². The maximum absolute atomic E-state index is 12.3. The Balaban J connectivity index is 1.62. The molecule has 0 spiro atoms. The predicted molar refractivity (Wildman–Crippen MR) is 89.5 cm³/mol. The molecular weight excluding hydrogens is 388 g/mol. The number of hydroxylamine groups is 2. The summed E-state index contributed by atoms with van der Waals surface area (Å²) in [6, 6.07) is -2.07. The molecule has 26 heavy (non-hydrogen) atoms. The van der Waals surface area contributed by atoms with E-state index in [9.17, 15) is 18.0 Å². The van der Waals surface area contributed by atoms with E-state index in [1.54, 1.807) is 5.38 Å². The molecule has 12 nitrogen and oxygen atoms in total. The predicted octanol–water partition coefficient (Wildman–Crippen LogP) is -0.636. The van der Waals surface area contributed by atoms with Crippen molar-refractivity contribution in [1.29, 1.82) is 5.41 Å². The van der Waals surface area contributed by atoms with E-state index in [1.165, 1.54) is 16.2 Å². The molecule has 14 heteroatoms.